The lowest BCUT2D eigenvalue weighted by molar-refractivity contribution is 0.158. The van der Waals surface area contributed by atoms with Crippen LogP contribution in [0.3, 0.4) is 0 Å². The first-order valence-corrected chi connectivity index (χ1v) is 8.20. The van der Waals surface area contributed by atoms with Gasteiger partial charge in [-0.05, 0) is 64.1 Å². The van der Waals surface area contributed by atoms with Gasteiger partial charge in [0.2, 0.25) is 0 Å². The minimum Gasteiger partial charge on any atom is -0.310 e. The second kappa shape index (κ2) is 5.87. The van der Waals surface area contributed by atoms with Crippen LogP contribution in [0.25, 0.3) is 0 Å². The molecule has 2 fully saturated rings. The van der Waals surface area contributed by atoms with Gasteiger partial charge in [0.15, 0.2) is 0 Å². The van der Waals surface area contributed by atoms with Gasteiger partial charge in [-0.3, -0.25) is 4.90 Å². The Morgan fingerprint density at radius 3 is 2.75 bits per heavy atom. The Morgan fingerprint density at radius 2 is 2.05 bits per heavy atom. The van der Waals surface area contributed by atoms with E-state index in [-0.39, 0.29) is 0 Å². The molecule has 1 aromatic carbocycles. The molecule has 1 aliphatic heterocycles. The van der Waals surface area contributed by atoms with Crippen LogP contribution in [0.15, 0.2) is 30.3 Å². The highest BCUT2D eigenvalue weighted by Crippen LogP contribution is 2.40. The standard InChI is InChI=1S/C18H28N2/c1-15(13-16-7-4-3-5-8-16)20-12-6-11-19-18(2,14-20)17-9-10-17/h3-5,7-8,15,17,19H,6,9-14H2,1-2H3. The lowest BCUT2D eigenvalue weighted by Crippen LogP contribution is -2.52. The van der Waals surface area contributed by atoms with Gasteiger partial charge in [0.25, 0.3) is 0 Å². The van der Waals surface area contributed by atoms with Gasteiger partial charge in [-0.15, -0.1) is 0 Å². The summed E-state index contributed by atoms with van der Waals surface area (Å²) in [5.41, 5.74) is 1.81. The van der Waals surface area contributed by atoms with E-state index in [9.17, 15) is 0 Å². The zero-order chi connectivity index (χ0) is 14.0. The first kappa shape index (κ1) is 14.1. The van der Waals surface area contributed by atoms with Crippen molar-refractivity contribution in [2.45, 2.75) is 51.1 Å². The monoisotopic (exact) mass is 272 g/mol. The van der Waals surface area contributed by atoms with Crippen molar-refractivity contribution >= 4 is 0 Å². The largest absolute Gasteiger partial charge is 0.310 e. The minimum absolute atomic E-state index is 0.349. The van der Waals surface area contributed by atoms with Gasteiger partial charge in [-0.1, -0.05) is 30.3 Å². The molecule has 0 amide bonds. The quantitative estimate of drug-likeness (QED) is 0.906. The molecule has 1 aliphatic carbocycles. The highest BCUT2D eigenvalue weighted by molar-refractivity contribution is 5.16. The predicted molar refractivity (Wildman–Crippen MR) is 84.9 cm³/mol. The van der Waals surface area contributed by atoms with E-state index in [4.69, 9.17) is 0 Å². The van der Waals surface area contributed by atoms with Gasteiger partial charge < -0.3 is 5.32 Å². The number of nitrogens with one attached hydrogen (secondary N) is 1. The highest BCUT2D eigenvalue weighted by atomic mass is 15.2. The first-order chi connectivity index (χ1) is 9.67. The van der Waals surface area contributed by atoms with E-state index in [1.807, 2.05) is 0 Å². The van der Waals surface area contributed by atoms with E-state index >= 15 is 0 Å². The van der Waals surface area contributed by atoms with Gasteiger partial charge in [-0.25, -0.2) is 0 Å². The van der Waals surface area contributed by atoms with E-state index in [0.29, 0.717) is 11.6 Å². The van der Waals surface area contributed by atoms with Crippen molar-refractivity contribution < 1.29 is 0 Å². The number of benzene rings is 1. The molecule has 1 aromatic rings. The van der Waals surface area contributed by atoms with Crippen LogP contribution in [0, 0.1) is 5.92 Å². The SMILES string of the molecule is CC(Cc1ccccc1)N1CCCNC(C)(C2CC2)C1. The van der Waals surface area contributed by atoms with Gasteiger partial charge in [0, 0.05) is 18.1 Å². The smallest absolute Gasteiger partial charge is 0.0308 e. The van der Waals surface area contributed by atoms with Crippen LogP contribution in [-0.4, -0.2) is 36.1 Å². The molecule has 2 nitrogen and oxygen atoms in total. The van der Waals surface area contributed by atoms with Gasteiger partial charge >= 0.3 is 0 Å². The predicted octanol–water partition coefficient (Wildman–Crippen LogP) is 3.08. The van der Waals surface area contributed by atoms with Crippen LogP contribution in [0.1, 0.15) is 38.7 Å². The Kier molecular flexibility index (Phi) is 4.13. The summed E-state index contributed by atoms with van der Waals surface area (Å²) >= 11 is 0. The van der Waals surface area contributed by atoms with Gasteiger partial charge in [-0.2, -0.15) is 0 Å². The van der Waals surface area contributed by atoms with Crippen molar-refractivity contribution in [3.05, 3.63) is 35.9 Å². The van der Waals surface area contributed by atoms with Crippen LogP contribution >= 0.6 is 0 Å². The molecule has 2 aliphatic rings. The zero-order valence-electron chi connectivity index (χ0n) is 12.9. The Bertz CT molecular complexity index is 426. The fourth-order valence-corrected chi connectivity index (χ4v) is 3.67. The van der Waals surface area contributed by atoms with Crippen molar-refractivity contribution in [3.8, 4) is 0 Å². The second-order valence-electron chi connectivity index (χ2n) is 6.98. The van der Waals surface area contributed by atoms with E-state index in [2.05, 4.69) is 54.4 Å². The molecule has 20 heavy (non-hydrogen) atoms. The fourth-order valence-electron chi connectivity index (χ4n) is 3.67. The van der Waals surface area contributed by atoms with Crippen LogP contribution in [0.4, 0.5) is 0 Å². The molecule has 0 bridgehead atoms. The third-order valence-electron chi connectivity index (χ3n) is 5.16. The molecule has 110 valence electrons. The number of nitrogens with zero attached hydrogens (tertiary/aromatic N) is 1. The second-order valence-corrected chi connectivity index (χ2v) is 6.98. The van der Waals surface area contributed by atoms with E-state index < -0.39 is 0 Å². The Labute approximate surface area is 123 Å². The summed E-state index contributed by atoms with van der Waals surface area (Å²) in [6.45, 7) is 8.47. The summed E-state index contributed by atoms with van der Waals surface area (Å²) in [6.07, 6.45) is 5.29. The van der Waals surface area contributed by atoms with Crippen LogP contribution in [-0.2, 0) is 6.42 Å². The molecule has 2 atom stereocenters. The average molecular weight is 272 g/mol. The summed E-state index contributed by atoms with van der Waals surface area (Å²) in [4.78, 5) is 2.71. The molecule has 2 unspecified atom stereocenters. The topological polar surface area (TPSA) is 15.3 Å². The number of hydrogen-bond donors (Lipinski definition) is 1. The molecular weight excluding hydrogens is 244 g/mol. The summed E-state index contributed by atoms with van der Waals surface area (Å²) in [7, 11) is 0. The lowest BCUT2D eigenvalue weighted by atomic mass is 9.94. The molecule has 1 saturated carbocycles. The molecule has 0 spiro atoms. The minimum atomic E-state index is 0.349. The lowest BCUT2D eigenvalue weighted by Gasteiger charge is -2.37. The highest BCUT2D eigenvalue weighted by Gasteiger charge is 2.43. The summed E-state index contributed by atoms with van der Waals surface area (Å²) in [5.74, 6) is 0.909. The zero-order valence-corrected chi connectivity index (χ0v) is 12.9. The van der Waals surface area contributed by atoms with Crippen molar-refractivity contribution in [1.82, 2.24) is 10.2 Å². The van der Waals surface area contributed by atoms with Crippen molar-refractivity contribution in [1.29, 1.82) is 0 Å². The molecule has 1 N–H and O–H groups in total. The molecule has 0 radical (unpaired) electrons. The van der Waals surface area contributed by atoms with Gasteiger partial charge in [0.1, 0.15) is 0 Å². The maximum absolute atomic E-state index is 3.83. The van der Waals surface area contributed by atoms with Crippen molar-refractivity contribution in [3.63, 3.8) is 0 Å². The molecule has 0 aromatic heterocycles. The third kappa shape index (κ3) is 3.24. The number of rotatable bonds is 4. The maximum Gasteiger partial charge on any atom is 0.0308 e. The molecule has 2 heteroatoms. The number of hydrogen-bond acceptors (Lipinski definition) is 2. The van der Waals surface area contributed by atoms with E-state index in [1.54, 1.807) is 0 Å². The molecule has 1 heterocycles. The van der Waals surface area contributed by atoms with E-state index in [0.717, 1.165) is 5.92 Å². The fraction of sp³-hybridized carbons (Fsp3) is 0.667. The first-order valence-electron chi connectivity index (χ1n) is 8.20. The third-order valence-corrected chi connectivity index (χ3v) is 5.16. The maximum atomic E-state index is 3.83. The van der Waals surface area contributed by atoms with Crippen LogP contribution in [0.5, 0.6) is 0 Å². The Hall–Kier alpha value is -0.860. The summed E-state index contributed by atoms with van der Waals surface area (Å²) in [6, 6.07) is 11.6. The summed E-state index contributed by atoms with van der Waals surface area (Å²) in [5, 5.41) is 3.83. The van der Waals surface area contributed by atoms with Crippen LogP contribution < -0.4 is 5.32 Å². The summed E-state index contributed by atoms with van der Waals surface area (Å²) < 4.78 is 0. The average Bonchev–Trinajstić information content (AvgIpc) is 3.27. The Morgan fingerprint density at radius 1 is 1.30 bits per heavy atom. The van der Waals surface area contributed by atoms with Crippen molar-refractivity contribution in [2.24, 2.45) is 5.92 Å². The van der Waals surface area contributed by atoms with Gasteiger partial charge in [0.05, 0.1) is 0 Å². The van der Waals surface area contributed by atoms with Crippen molar-refractivity contribution in [2.75, 3.05) is 19.6 Å². The van der Waals surface area contributed by atoms with Crippen LogP contribution in [0.2, 0.25) is 0 Å². The Balaban J connectivity index is 1.65. The molecule has 1 saturated heterocycles. The molecular formula is C18H28N2. The normalized spacial score (nSPS) is 29.9. The van der Waals surface area contributed by atoms with E-state index in [1.165, 1.54) is 50.9 Å². The molecule has 3 rings (SSSR count).